The molecule has 4 nitrogen and oxygen atoms in total. The summed E-state index contributed by atoms with van der Waals surface area (Å²) in [5.74, 6) is 0.0878. The first-order valence-electron chi connectivity index (χ1n) is 8.45. The van der Waals surface area contributed by atoms with E-state index >= 15 is 0 Å². The summed E-state index contributed by atoms with van der Waals surface area (Å²) in [6.45, 7) is 0. The Bertz CT molecular complexity index is 1050. The summed E-state index contributed by atoms with van der Waals surface area (Å²) in [5, 5.41) is 8.64. The van der Waals surface area contributed by atoms with Crippen LogP contribution in [0.3, 0.4) is 0 Å². The highest BCUT2D eigenvalue weighted by Crippen LogP contribution is 2.41. The molecule has 4 rings (SSSR count). The van der Waals surface area contributed by atoms with E-state index in [0.717, 1.165) is 27.9 Å². The Balaban J connectivity index is 2.07. The highest BCUT2D eigenvalue weighted by molar-refractivity contribution is 5.93. The molecule has 0 aliphatic carbocycles. The lowest BCUT2D eigenvalue weighted by atomic mass is 9.93. The zero-order valence-electron chi connectivity index (χ0n) is 14.6. The van der Waals surface area contributed by atoms with Gasteiger partial charge in [-0.3, -0.25) is 4.98 Å². The van der Waals surface area contributed by atoms with Crippen molar-refractivity contribution in [3.05, 3.63) is 84.8 Å². The zero-order chi connectivity index (χ0) is 18.6. The van der Waals surface area contributed by atoms with Crippen molar-refractivity contribution in [3.63, 3.8) is 0 Å². The van der Waals surface area contributed by atoms with E-state index in [1.807, 2.05) is 48.5 Å². The first-order valence-corrected chi connectivity index (χ1v) is 8.45. The van der Waals surface area contributed by atoms with Crippen LogP contribution in [0.25, 0.3) is 33.6 Å². The minimum Gasteiger partial charge on any atom is -0.479 e. The number of rotatable bonds is 4. The number of pyridine rings is 1. The number of nitrogens with zero attached hydrogens (tertiary/aromatic N) is 3. The second-order valence-electron chi connectivity index (χ2n) is 5.90. The number of benzene rings is 2. The molecule has 0 aliphatic heterocycles. The summed E-state index contributed by atoms with van der Waals surface area (Å²) >= 11 is 0. The summed E-state index contributed by atoms with van der Waals surface area (Å²) in [5.41, 5.74) is 4.67. The van der Waals surface area contributed by atoms with Crippen LogP contribution in [0.1, 0.15) is 0 Å². The number of aromatic nitrogens is 3. The van der Waals surface area contributed by atoms with Gasteiger partial charge in [0.25, 0.3) is 0 Å². The summed E-state index contributed by atoms with van der Waals surface area (Å²) < 4.78 is 18.9. The van der Waals surface area contributed by atoms with Crippen molar-refractivity contribution in [2.75, 3.05) is 7.11 Å². The monoisotopic (exact) mass is 357 g/mol. The van der Waals surface area contributed by atoms with Crippen LogP contribution < -0.4 is 4.74 Å². The molecule has 2 aromatic heterocycles. The molecule has 2 heterocycles. The van der Waals surface area contributed by atoms with Gasteiger partial charge in [0, 0.05) is 17.3 Å². The zero-order valence-corrected chi connectivity index (χ0v) is 14.6. The molecule has 2 aromatic carbocycles. The van der Waals surface area contributed by atoms with Gasteiger partial charge in [0.2, 0.25) is 5.88 Å². The Morgan fingerprint density at radius 3 is 2.15 bits per heavy atom. The lowest BCUT2D eigenvalue weighted by molar-refractivity contribution is 0.394. The van der Waals surface area contributed by atoms with Crippen molar-refractivity contribution in [1.82, 2.24) is 15.2 Å². The molecule has 0 amide bonds. The molecule has 0 N–H and O–H groups in total. The minimum atomic E-state index is -0.300. The first kappa shape index (κ1) is 16.8. The topological polar surface area (TPSA) is 47.9 Å². The Kier molecular flexibility index (Phi) is 4.58. The predicted octanol–water partition coefficient (Wildman–Crippen LogP) is 5.02. The predicted molar refractivity (Wildman–Crippen MR) is 103 cm³/mol. The molecular weight excluding hydrogens is 341 g/mol. The van der Waals surface area contributed by atoms with Crippen molar-refractivity contribution in [2.24, 2.45) is 0 Å². The minimum absolute atomic E-state index is 0.300. The number of hydrogen-bond acceptors (Lipinski definition) is 4. The van der Waals surface area contributed by atoms with Crippen molar-refractivity contribution in [3.8, 4) is 39.5 Å². The van der Waals surface area contributed by atoms with E-state index in [1.54, 1.807) is 25.4 Å². The van der Waals surface area contributed by atoms with Crippen LogP contribution in [-0.4, -0.2) is 22.3 Å². The van der Waals surface area contributed by atoms with Gasteiger partial charge in [-0.15, -0.1) is 10.2 Å². The van der Waals surface area contributed by atoms with Crippen LogP contribution in [0.4, 0.5) is 4.39 Å². The van der Waals surface area contributed by atoms with Crippen molar-refractivity contribution in [1.29, 1.82) is 0 Å². The van der Waals surface area contributed by atoms with E-state index < -0.39 is 0 Å². The molecule has 0 atom stereocenters. The third-order valence-corrected chi connectivity index (χ3v) is 4.24. The maximum Gasteiger partial charge on any atom is 0.243 e. The fourth-order valence-corrected chi connectivity index (χ4v) is 3.01. The molecule has 0 aliphatic rings. The average Bonchev–Trinajstić information content (AvgIpc) is 2.74. The Morgan fingerprint density at radius 2 is 1.48 bits per heavy atom. The van der Waals surface area contributed by atoms with Gasteiger partial charge in [0.05, 0.1) is 18.4 Å². The standard InChI is InChI=1S/C22H16FN3O/c1-27-22-20(18-9-5-6-14-24-18)19(15-7-3-2-4-8-15)21(25-26-22)16-10-12-17(23)13-11-16/h2-14H,1H3. The molecule has 0 spiro atoms. The second-order valence-corrected chi connectivity index (χ2v) is 5.90. The van der Waals surface area contributed by atoms with Crippen LogP contribution in [-0.2, 0) is 0 Å². The quantitative estimate of drug-likeness (QED) is 0.514. The summed E-state index contributed by atoms with van der Waals surface area (Å²) in [4.78, 5) is 4.48. The van der Waals surface area contributed by atoms with E-state index in [4.69, 9.17) is 4.74 Å². The van der Waals surface area contributed by atoms with Crippen molar-refractivity contribution in [2.45, 2.75) is 0 Å². The van der Waals surface area contributed by atoms with Gasteiger partial charge in [-0.05, 0) is 42.0 Å². The average molecular weight is 357 g/mol. The maximum atomic E-state index is 13.4. The second kappa shape index (κ2) is 7.33. The van der Waals surface area contributed by atoms with Gasteiger partial charge in [-0.25, -0.2) is 4.39 Å². The molecule has 0 fully saturated rings. The molecule has 132 valence electrons. The third kappa shape index (κ3) is 3.27. The smallest absolute Gasteiger partial charge is 0.243 e. The highest BCUT2D eigenvalue weighted by Gasteiger charge is 2.22. The maximum absolute atomic E-state index is 13.4. The molecule has 27 heavy (non-hydrogen) atoms. The fraction of sp³-hybridized carbons (Fsp3) is 0.0455. The molecule has 0 bridgehead atoms. The van der Waals surface area contributed by atoms with E-state index in [2.05, 4.69) is 15.2 Å². The number of ether oxygens (including phenoxy) is 1. The lowest BCUT2D eigenvalue weighted by Gasteiger charge is -2.16. The Hall–Kier alpha value is -3.60. The largest absolute Gasteiger partial charge is 0.479 e. The van der Waals surface area contributed by atoms with Gasteiger partial charge >= 0.3 is 0 Å². The normalized spacial score (nSPS) is 10.6. The summed E-state index contributed by atoms with van der Waals surface area (Å²) in [6.07, 6.45) is 1.72. The van der Waals surface area contributed by atoms with Crippen LogP contribution in [0.5, 0.6) is 5.88 Å². The van der Waals surface area contributed by atoms with Gasteiger partial charge < -0.3 is 4.74 Å². The molecule has 0 unspecified atom stereocenters. The highest BCUT2D eigenvalue weighted by atomic mass is 19.1. The van der Waals surface area contributed by atoms with Gasteiger partial charge in [-0.2, -0.15) is 0 Å². The summed E-state index contributed by atoms with van der Waals surface area (Å²) in [7, 11) is 1.56. The third-order valence-electron chi connectivity index (χ3n) is 4.24. The van der Waals surface area contributed by atoms with Crippen LogP contribution in [0, 0.1) is 5.82 Å². The summed E-state index contributed by atoms with van der Waals surface area (Å²) in [6, 6.07) is 21.7. The van der Waals surface area contributed by atoms with Crippen molar-refractivity contribution < 1.29 is 9.13 Å². The molecule has 4 aromatic rings. The van der Waals surface area contributed by atoms with E-state index in [1.165, 1.54) is 12.1 Å². The van der Waals surface area contributed by atoms with Gasteiger partial charge in [0.1, 0.15) is 11.5 Å². The molecule has 0 saturated carbocycles. The number of methoxy groups -OCH3 is 1. The molecular formula is C22H16FN3O. The molecule has 0 radical (unpaired) electrons. The SMILES string of the molecule is COc1nnc(-c2ccc(F)cc2)c(-c2ccccc2)c1-c1ccccn1. The van der Waals surface area contributed by atoms with E-state index in [0.29, 0.717) is 11.6 Å². The van der Waals surface area contributed by atoms with Gasteiger partial charge in [-0.1, -0.05) is 36.4 Å². The first-order chi connectivity index (χ1) is 13.3. The fourth-order valence-electron chi connectivity index (χ4n) is 3.01. The molecule has 0 saturated heterocycles. The van der Waals surface area contributed by atoms with E-state index in [-0.39, 0.29) is 5.82 Å². The van der Waals surface area contributed by atoms with Crippen LogP contribution in [0.2, 0.25) is 0 Å². The van der Waals surface area contributed by atoms with Crippen LogP contribution in [0.15, 0.2) is 79.0 Å². The number of hydrogen-bond donors (Lipinski definition) is 0. The van der Waals surface area contributed by atoms with E-state index in [9.17, 15) is 4.39 Å². The number of halogens is 1. The Labute approximate surface area is 156 Å². The van der Waals surface area contributed by atoms with Crippen molar-refractivity contribution >= 4 is 0 Å². The Morgan fingerprint density at radius 1 is 0.741 bits per heavy atom. The van der Waals surface area contributed by atoms with Crippen LogP contribution >= 0.6 is 0 Å². The molecule has 5 heteroatoms. The lowest BCUT2D eigenvalue weighted by Crippen LogP contribution is -2.02. The van der Waals surface area contributed by atoms with Gasteiger partial charge in [0.15, 0.2) is 0 Å².